The van der Waals surface area contributed by atoms with Crippen LogP contribution in [0, 0.1) is 22.0 Å². The van der Waals surface area contributed by atoms with Crippen LogP contribution in [0.25, 0.3) is 0 Å². The van der Waals surface area contributed by atoms with Crippen molar-refractivity contribution in [1.29, 1.82) is 0 Å². The number of hydrogen-bond donors (Lipinski definition) is 0. The van der Waals surface area contributed by atoms with Crippen LogP contribution in [0.4, 0.5) is 5.69 Å². The van der Waals surface area contributed by atoms with Gasteiger partial charge < -0.3 is 9.64 Å². The molecule has 1 saturated heterocycles. The molecule has 0 unspecified atom stereocenters. The topological polar surface area (TPSA) is 89.8 Å². The molecule has 1 aliphatic carbocycles. The third-order valence-electron chi connectivity index (χ3n) is 4.80. The number of nitrogens with zero attached hydrogens (tertiary/aromatic N) is 2. The van der Waals surface area contributed by atoms with Crippen LogP contribution in [0.3, 0.4) is 0 Å². The minimum absolute atomic E-state index is 0.00855. The number of para-hydroxylation sites is 1. The molecule has 128 valence electrons. The summed E-state index contributed by atoms with van der Waals surface area (Å²) in [5, 5.41) is 11.1. The van der Waals surface area contributed by atoms with Crippen molar-refractivity contribution in [2.75, 3.05) is 13.2 Å². The second kappa shape index (κ2) is 6.59. The summed E-state index contributed by atoms with van der Waals surface area (Å²) in [5.74, 6) is -0.204. The maximum Gasteiger partial charge on any atom is 0.309 e. The van der Waals surface area contributed by atoms with Gasteiger partial charge in [-0.25, -0.2) is 0 Å². The van der Waals surface area contributed by atoms with Crippen LogP contribution in [0.5, 0.6) is 0 Å². The van der Waals surface area contributed by atoms with Crippen molar-refractivity contribution in [1.82, 2.24) is 4.90 Å². The Morgan fingerprint density at radius 1 is 1.38 bits per heavy atom. The summed E-state index contributed by atoms with van der Waals surface area (Å²) in [6.45, 7) is 2.69. The van der Waals surface area contributed by atoms with Crippen molar-refractivity contribution in [3.05, 3.63) is 39.9 Å². The van der Waals surface area contributed by atoms with E-state index in [0.29, 0.717) is 12.5 Å². The Labute approximate surface area is 139 Å². The minimum atomic E-state index is -0.549. The summed E-state index contributed by atoms with van der Waals surface area (Å²) in [5.41, 5.74) is -0.117. The van der Waals surface area contributed by atoms with Crippen molar-refractivity contribution in [2.45, 2.75) is 32.2 Å². The first-order valence-corrected chi connectivity index (χ1v) is 8.20. The van der Waals surface area contributed by atoms with Gasteiger partial charge in [-0.15, -0.1) is 0 Å². The molecular formula is C17H20N2O5. The maximum absolute atomic E-state index is 12.7. The molecule has 1 aromatic rings. The number of carbonyl (C=O) groups is 2. The Balaban J connectivity index is 1.67. The second-order valence-corrected chi connectivity index (χ2v) is 6.52. The number of ether oxygens (including phenoxy) is 1. The normalized spacial score (nSPS) is 25.4. The van der Waals surface area contributed by atoms with Crippen molar-refractivity contribution in [3.63, 3.8) is 0 Å². The molecule has 0 radical (unpaired) electrons. The number of amides is 1. The number of likely N-dealkylation sites (tertiary alicyclic amines) is 1. The van der Waals surface area contributed by atoms with E-state index < -0.39 is 4.92 Å². The number of rotatable bonds is 5. The van der Waals surface area contributed by atoms with Crippen LogP contribution in [-0.4, -0.2) is 40.9 Å². The summed E-state index contributed by atoms with van der Waals surface area (Å²) < 4.78 is 5.35. The quantitative estimate of drug-likeness (QED) is 0.469. The van der Waals surface area contributed by atoms with Crippen molar-refractivity contribution in [3.8, 4) is 0 Å². The van der Waals surface area contributed by atoms with Crippen LogP contribution in [0.2, 0.25) is 0 Å². The number of nitro benzene ring substituents is 1. The third kappa shape index (κ3) is 3.25. The first-order chi connectivity index (χ1) is 11.5. The molecule has 1 amide bonds. The van der Waals surface area contributed by atoms with Crippen molar-refractivity contribution < 1.29 is 19.2 Å². The van der Waals surface area contributed by atoms with Crippen LogP contribution in [0.15, 0.2) is 24.3 Å². The largest absolute Gasteiger partial charge is 0.463 e. The van der Waals surface area contributed by atoms with E-state index in [2.05, 4.69) is 0 Å². The van der Waals surface area contributed by atoms with Gasteiger partial charge in [0.05, 0.1) is 16.9 Å². The highest BCUT2D eigenvalue weighted by atomic mass is 16.6. The van der Waals surface area contributed by atoms with E-state index in [9.17, 15) is 19.7 Å². The number of esters is 1. The molecule has 2 aliphatic rings. The average Bonchev–Trinajstić information content (AvgIpc) is 3.12. The van der Waals surface area contributed by atoms with E-state index in [-0.39, 0.29) is 41.7 Å². The van der Waals surface area contributed by atoms with Gasteiger partial charge >= 0.3 is 5.97 Å². The Hall–Kier alpha value is -2.44. The Bertz CT molecular complexity index is 675. The standard InChI is InChI=1S/C17H20N2O5/c1-11-9-14(11)17(21)24-10-12-5-4-8-18(12)16(20)13-6-2-3-7-15(13)19(22)23/h2-3,6-7,11-12,14H,4-5,8-10H2,1H3/t11-,12+,14-/m1/s1. The van der Waals surface area contributed by atoms with Gasteiger partial charge in [0.1, 0.15) is 12.2 Å². The maximum atomic E-state index is 12.7. The first-order valence-electron chi connectivity index (χ1n) is 8.20. The Morgan fingerprint density at radius 3 is 2.75 bits per heavy atom. The molecular weight excluding hydrogens is 312 g/mol. The number of hydrogen-bond acceptors (Lipinski definition) is 5. The summed E-state index contributed by atoms with van der Waals surface area (Å²) in [6, 6.07) is 5.73. The van der Waals surface area contributed by atoms with E-state index >= 15 is 0 Å². The monoisotopic (exact) mass is 332 g/mol. The van der Waals surface area contributed by atoms with Gasteiger partial charge in [0.15, 0.2) is 0 Å². The molecule has 24 heavy (non-hydrogen) atoms. The SMILES string of the molecule is C[C@@H]1C[C@H]1C(=O)OC[C@@H]1CCCN1C(=O)c1ccccc1[N+](=O)[O-]. The van der Waals surface area contributed by atoms with Gasteiger partial charge in [-0.1, -0.05) is 19.1 Å². The van der Waals surface area contributed by atoms with Crippen molar-refractivity contribution >= 4 is 17.6 Å². The zero-order valence-corrected chi connectivity index (χ0v) is 13.5. The van der Waals surface area contributed by atoms with E-state index in [0.717, 1.165) is 19.3 Å². The van der Waals surface area contributed by atoms with E-state index in [4.69, 9.17) is 4.74 Å². The molecule has 0 bridgehead atoms. The van der Waals surface area contributed by atoms with Gasteiger partial charge in [-0.05, 0) is 31.2 Å². The van der Waals surface area contributed by atoms with Crippen LogP contribution >= 0.6 is 0 Å². The fourth-order valence-corrected chi connectivity index (χ4v) is 3.18. The van der Waals surface area contributed by atoms with Gasteiger partial charge in [0.25, 0.3) is 11.6 Å². The lowest BCUT2D eigenvalue weighted by molar-refractivity contribution is -0.385. The zero-order chi connectivity index (χ0) is 17.3. The van der Waals surface area contributed by atoms with Crippen LogP contribution in [0.1, 0.15) is 36.5 Å². The number of benzene rings is 1. The minimum Gasteiger partial charge on any atom is -0.463 e. The third-order valence-corrected chi connectivity index (χ3v) is 4.80. The summed E-state index contributed by atoms with van der Waals surface area (Å²) in [4.78, 5) is 36.7. The lowest BCUT2D eigenvalue weighted by atomic mass is 10.1. The number of nitro groups is 1. The molecule has 0 aromatic heterocycles. The molecule has 3 atom stereocenters. The highest BCUT2D eigenvalue weighted by molar-refractivity contribution is 5.98. The van der Waals surface area contributed by atoms with Gasteiger partial charge in [0, 0.05) is 12.6 Å². The lowest BCUT2D eigenvalue weighted by Gasteiger charge is -2.24. The molecule has 3 rings (SSSR count). The van der Waals surface area contributed by atoms with E-state index in [1.807, 2.05) is 6.92 Å². The molecule has 1 saturated carbocycles. The molecule has 0 N–H and O–H groups in total. The summed E-state index contributed by atoms with van der Waals surface area (Å²) in [7, 11) is 0. The van der Waals surface area contributed by atoms with Crippen molar-refractivity contribution in [2.24, 2.45) is 11.8 Å². The average molecular weight is 332 g/mol. The van der Waals surface area contributed by atoms with Crippen LogP contribution < -0.4 is 0 Å². The van der Waals surface area contributed by atoms with Gasteiger partial charge in [-0.2, -0.15) is 0 Å². The zero-order valence-electron chi connectivity index (χ0n) is 13.5. The molecule has 1 aromatic carbocycles. The molecule has 0 spiro atoms. The molecule has 7 nitrogen and oxygen atoms in total. The lowest BCUT2D eigenvalue weighted by Crippen LogP contribution is -2.39. The van der Waals surface area contributed by atoms with Gasteiger partial charge in [0.2, 0.25) is 0 Å². The number of carbonyl (C=O) groups excluding carboxylic acids is 2. The molecule has 1 aliphatic heterocycles. The molecule has 7 heteroatoms. The predicted octanol–water partition coefficient (Wildman–Crippen LogP) is 2.40. The second-order valence-electron chi connectivity index (χ2n) is 6.52. The van der Waals surface area contributed by atoms with Crippen LogP contribution in [-0.2, 0) is 9.53 Å². The fraction of sp³-hybridized carbons (Fsp3) is 0.529. The highest BCUT2D eigenvalue weighted by Crippen LogP contribution is 2.38. The smallest absolute Gasteiger partial charge is 0.309 e. The van der Waals surface area contributed by atoms with E-state index in [1.165, 1.54) is 18.2 Å². The highest BCUT2D eigenvalue weighted by Gasteiger charge is 2.41. The Morgan fingerprint density at radius 2 is 2.08 bits per heavy atom. The molecule has 2 fully saturated rings. The van der Waals surface area contributed by atoms with Gasteiger partial charge in [-0.3, -0.25) is 19.7 Å². The first kappa shape index (κ1) is 16.4. The fourth-order valence-electron chi connectivity index (χ4n) is 3.18. The Kier molecular flexibility index (Phi) is 4.51. The molecule has 1 heterocycles. The summed E-state index contributed by atoms with van der Waals surface area (Å²) in [6.07, 6.45) is 2.40. The summed E-state index contributed by atoms with van der Waals surface area (Å²) >= 11 is 0. The predicted molar refractivity (Wildman–Crippen MR) is 85.4 cm³/mol. The van der Waals surface area contributed by atoms with E-state index in [1.54, 1.807) is 11.0 Å².